The Labute approximate surface area is 122 Å². The number of hydrogen-bond donors (Lipinski definition) is 2. The van der Waals surface area contributed by atoms with E-state index in [-0.39, 0.29) is 24.0 Å². The third-order valence-electron chi connectivity index (χ3n) is 2.60. The van der Waals surface area contributed by atoms with Gasteiger partial charge in [0.25, 0.3) is 0 Å². The van der Waals surface area contributed by atoms with E-state index in [1.54, 1.807) is 6.07 Å². The van der Waals surface area contributed by atoms with Crippen LogP contribution >= 0.6 is 24.0 Å². The molecule has 1 aliphatic carbocycles. The molecule has 6 heteroatoms. The largest absolute Gasteiger partial charge is 0.370 e. The van der Waals surface area contributed by atoms with E-state index in [0.29, 0.717) is 30.5 Å². The number of guanidine groups is 1. The number of hydrogen-bond acceptors (Lipinski definition) is 1. The Morgan fingerprint density at radius 3 is 2.67 bits per heavy atom. The monoisotopic (exact) mass is 367 g/mol. The zero-order chi connectivity index (χ0) is 12.3. The van der Waals surface area contributed by atoms with E-state index in [0.717, 1.165) is 18.9 Å². The highest BCUT2D eigenvalue weighted by molar-refractivity contribution is 14.0. The second kappa shape index (κ2) is 6.86. The molecular formula is C12H16F2IN3. The molecule has 0 aromatic heterocycles. The van der Waals surface area contributed by atoms with E-state index in [9.17, 15) is 8.78 Å². The molecule has 100 valence electrons. The van der Waals surface area contributed by atoms with Crippen LogP contribution in [0.25, 0.3) is 0 Å². The van der Waals surface area contributed by atoms with Crippen LogP contribution in [0.2, 0.25) is 0 Å². The van der Waals surface area contributed by atoms with E-state index < -0.39 is 11.6 Å². The fourth-order valence-electron chi connectivity index (χ4n) is 1.48. The summed E-state index contributed by atoms with van der Waals surface area (Å²) in [6, 6.07) is 4.34. The van der Waals surface area contributed by atoms with Crippen molar-refractivity contribution in [1.82, 2.24) is 5.32 Å². The van der Waals surface area contributed by atoms with E-state index in [4.69, 9.17) is 5.73 Å². The molecule has 2 rings (SSSR count). The third-order valence-corrected chi connectivity index (χ3v) is 2.60. The predicted molar refractivity (Wildman–Crippen MR) is 78.1 cm³/mol. The number of benzene rings is 1. The lowest BCUT2D eigenvalue weighted by molar-refractivity contribution is 0.507. The van der Waals surface area contributed by atoms with E-state index in [1.807, 2.05) is 0 Å². The molecule has 1 aromatic carbocycles. The zero-order valence-electron chi connectivity index (χ0n) is 9.83. The van der Waals surface area contributed by atoms with Gasteiger partial charge < -0.3 is 11.1 Å². The first kappa shape index (κ1) is 15.1. The van der Waals surface area contributed by atoms with Gasteiger partial charge >= 0.3 is 0 Å². The van der Waals surface area contributed by atoms with E-state index >= 15 is 0 Å². The van der Waals surface area contributed by atoms with Crippen molar-refractivity contribution in [3.8, 4) is 0 Å². The van der Waals surface area contributed by atoms with Gasteiger partial charge in [0.15, 0.2) is 17.6 Å². The summed E-state index contributed by atoms with van der Waals surface area (Å²) < 4.78 is 25.6. The summed E-state index contributed by atoms with van der Waals surface area (Å²) in [6.45, 7) is 0.469. The Kier molecular flexibility index (Phi) is 5.77. The lowest BCUT2D eigenvalue weighted by atomic mass is 10.1. The number of nitrogens with two attached hydrogens (primary N) is 1. The molecule has 18 heavy (non-hydrogen) atoms. The first-order chi connectivity index (χ1) is 8.15. The van der Waals surface area contributed by atoms with Gasteiger partial charge in [-0.05, 0) is 37.0 Å². The van der Waals surface area contributed by atoms with Crippen LogP contribution in [0.15, 0.2) is 23.2 Å². The van der Waals surface area contributed by atoms with Crippen LogP contribution in [0.4, 0.5) is 8.78 Å². The highest BCUT2D eigenvalue weighted by atomic mass is 127. The van der Waals surface area contributed by atoms with Crippen molar-refractivity contribution >= 4 is 29.9 Å². The van der Waals surface area contributed by atoms with Gasteiger partial charge in [-0.2, -0.15) is 0 Å². The Hall–Kier alpha value is -0.920. The quantitative estimate of drug-likeness (QED) is 0.487. The van der Waals surface area contributed by atoms with Gasteiger partial charge in [-0.15, -0.1) is 24.0 Å². The smallest absolute Gasteiger partial charge is 0.188 e. The average Bonchev–Trinajstić information content (AvgIpc) is 3.07. The normalized spacial score (nSPS) is 15.1. The number of halogens is 3. The van der Waals surface area contributed by atoms with Crippen LogP contribution in [-0.2, 0) is 6.42 Å². The average molecular weight is 367 g/mol. The van der Waals surface area contributed by atoms with Crippen molar-refractivity contribution < 1.29 is 8.78 Å². The van der Waals surface area contributed by atoms with Crippen LogP contribution in [-0.4, -0.2) is 18.5 Å². The van der Waals surface area contributed by atoms with Crippen LogP contribution < -0.4 is 11.1 Å². The molecule has 1 aliphatic rings. The number of nitrogens with zero attached hydrogens (tertiary/aromatic N) is 1. The van der Waals surface area contributed by atoms with Crippen LogP contribution in [0, 0.1) is 11.6 Å². The Morgan fingerprint density at radius 2 is 2.06 bits per heavy atom. The summed E-state index contributed by atoms with van der Waals surface area (Å²) in [5.41, 5.74) is 6.35. The highest BCUT2D eigenvalue weighted by Crippen LogP contribution is 2.18. The summed E-state index contributed by atoms with van der Waals surface area (Å²) in [4.78, 5) is 4.12. The van der Waals surface area contributed by atoms with Gasteiger partial charge in [0.2, 0.25) is 0 Å². The van der Waals surface area contributed by atoms with E-state index in [2.05, 4.69) is 10.3 Å². The van der Waals surface area contributed by atoms with Crippen LogP contribution in [0.5, 0.6) is 0 Å². The minimum atomic E-state index is -0.827. The maximum absolute atomic E-state index is 12.9. The Balaban J connectivity index is 0.00000162. The Bertz CT molecular complexity index is 433. The molecule has 1 aromatic rings. The molecule has 1 saturated carbocycles. The van der Waals surface area contributed by atoms with Crippen molar-refractivity contribution in [1.29, 1.82) is 0 Å². The topological polar surface area (TPSA) is 50.4 Å². The maximum Gasteiger partial charge on any atom is 0.188 e. The molecule has 3 nitrogen and oxygen atoms in total. The molecule has 0 atom stereocenters. The molecule has 1 fully saturated rings. The fourth-order valence-corrected chi connectivity index (χ4v) is 1.48. The molecule has 0 unspecified atom stereocenters. The molecule has 0 radical (unpaired) electrons. The van der Waals surface area contributed by atoms with Gasteiger partial charge in [0.1, 0.15) is 0 Å². The van der Waals surface area contributed by atoms with Crippen molar-refractivity contribution in [3.05, 3.63) is 35.4 Å². The second-order valence-corrected chi connectivity index (χ2v) is 4.18. The highest BCUT2D eigenvalue weighted by Gasteiger charge is 2.21. The summed E-state index contributed by atoms with van der Waals surface area (Å²) in [5.74, 6) is -1.22. The standard InChI is InChI=1S/C12H15F2N3.HI/c13-10-4-1-8(7-11(10)14)5-6-16-12(15)17-9-2-3-9;/h1,4,7,9H,2-3,5-6H2,(H3,15,16,17);1H. The first-order valence-corrected chi connectivity index (χ1v) is 5.65. The van der Waals surface area contributed by atoms with Crippen molar-refractivity contribution in [2.45, 2.75) is 25.3 Å². The van der Waals surface area contributed by atoms with Crippen molar-refractivity contribution in [2.75, 3.05) is 6.54 Å². The molecule has 0 amide bonds. The van der Waals surface area contributed by atoms with Gasteiger partial charge in [-0.25, -0.2) is 8.78 Å². The van der Waals surface area contributed by atoms with Crippen molar-refractivity contribution in [2.24, 2.45) is 10.7 Å². The summed E-state index contributed by atoms with van der Waals surface area (Å²) >= 11 is 0. The fraction of sp³-hybridized carbons (Fsp3) is 0.417. The number of nitrogens with one attached hydrogen (secondary N) is 1. The van der Waals surface area contributed by atoms with E-state index in [1.165, 1.54) is 6.07 Å². The molecular weight excluding hydrogens is 351 g/mol. The van der Waals surface area contributed by atoms with Gasteiger partial charge in [-0.1, -0.05) is 6.07 Å². The molecule has 0 saturated heterocycles. The Morgan fingerprint density at radius 1 is 1.33 bits per heavy atom. The first-order valence-electron chi connectivity index (χ1n) is 5.65. The van der Waals surface area contributed by atoms with Crippen LogP contribution in [0.3, 0.4) is 0 Å². The third kappa shape index (κ3) is 4.75. The minimum Gasteiger partial charge on any atom is -0.370 e. The predicted octanol–water partition coefficient (Wildman–Crippen LogP) is 2.19. The molecule has 0 spiro atoms. The maximum atomic E-state index is 12.9. The van der Waals surface area contributed by atoms with Gasteiger partial charge in [0, 0.05) is 12.6 Å². The molecule has 0 aliphatic heterocycles. The summed E-state index contributed by atoms with van der Waals surface area (Å²) in [6.07, 6.45) is 2.82. The summed E-state index contributed by atoms with van der Waals surface area (Å²) in [7, 11) is 0. The molecule has 0 bridgehead atoms. The van der Waals surface area contributed by atoms with Gasteiger partial charge in [-0.3, -0.25) is 4.99 Å². The minimum absolute atomic E-state index is 0. The zero-order valence-corrected chi connectivity index (χ0v) is 12.2. The second-order valence-electron chi connectivity index (χ2n) is 4.18. The lowest BCUT2D eigenvalue weighted by Gasteiger charge is -2.03. The van der Waals surface area contributed by atoms with Crippen LogP contribution in [0.1, 0.15) is 18.4 Å². The molecule has 0 heterocycles. The summed E-state index contributed by atoms with van der Waals surface area (Å²) in [5, 5.41) is 3.05. The number of rotatable bonds is 4. The lowest BCUT2D eigenvalue weighted by Crippen LogP contribution is -2.33. The molecule has 3 N–H and O–H groups in total. The van der Waals surface area contributed by atoms with Gasteiger partial charge in [0.05, 0.1) is 0 Å². The van der Waals surface area contributed by atoms with Crippen molar-refractivity contribution in [3.63, 3.8) is 0 Å². The number of aliphatic imine (C=N–C) groups is 1. The SMILES string of the molecule is I.NC(=NCCc1ccc(F)c(F)c1)NC1CC1.